The summed E-state index contributed by atoms with van der Waals surface area (Å²) in [4.78, 5) is 1.23. The van der Waals surface area contributed by atoms with Gasteiger partial charge in [0.05, 0.1) is 6.54 Å². The number of rotatable bonds is 4. The van der Waals surface area contributed by atoms with Crippen LogP contribution in [0.5, 0.6) is 0 Å². The van der Waals surface area contributed by atoms with E-state index in [9.17, 15) is 13.2 Å². The van der Waals surface area contributed by atoms with Crippen molar-refractivity contribution in [2.75, 3.05) is 13.6 Å². The second kappa shape index (κ2) is 5.32. The predicted octanol–water partition coefficient (Wildman–Crippen LogP) is 2.14. The van der Waals surface area contributed by atoms with Gasteiger partial charge in [-0.2, -0.15) is 13.2 Å². The van der Waals surface area contributed by atoms with E-state index < -0.39 is 12.7 Å². The van der Waals surface area contributed by atoms with E-state index >= 15 is 0 Å². The van der Waals surface area contributed by atoms with Crippen LogP contribution in [-0.4, -0.2) is 24.7 Å². The molecule has 1 aromatic carbocycles. The summed E-state index contributed by atoms with van der Waals surface area (Å²) in [7, 11) is 1.45. The van der Waals surface area contributed by atoms with Gasteiger partial charge in [-0.05, 0) is 18.2 Å². The zero-order valence-corrected chi connectivity index (χ0v) is 9.09. The maximum Gasteiger partial charge on any atom is 0.401 e. The minimum atomic E-state index is -4.16. The second-order valence-electron chi connectivity index (χ2n) is 3.76. The van der Waals surface area contributed by atoms with Crippen LogP contribution < -0.4 is 5.73 Å². The molecule has 2 N–H and O–H groups in total. The SMILES string of the molecule is CN(Cc1ccccc1CN)CC(F)(F)F. The third-order valence-corrected chi connectivity index (χ3v) is 2.23. The van der Waals surface area contributed by atoms with E-state index in [0.29, 0.717) is 6.54 Å². The number of alkyl halides is 3. The Bertz CT molecular complexity index is 336. The summed E-state index contributed by atoms with van der Waals surface area (Å²) < 4.78 is 36.4. The summed E-state index contributed by atoms with van der Waals surface area (Å²) >= 11 is 0. The van der Waals surface area contributed by atoms with Crippen LogP contribution in [0.4, 0.5) is 13.2 Å². The Hall–Kier alpha value is -1.07. The standard InChI is InChI=1S/C11H15F3N2/c1-16(8-11(12,13)14)7-10-5-3-2-4-9(10)6-15/h2-5H,6-8,15H2,1H3. The average Bonchev–Trinajstić information content (AvgIpc) is 2.15. The van der Waals surface area contributed by atoms with Crippen LogP contribution in [0.15, 0.2) is 24.3 Å². The van der Waals surface area contributed by atoms with Gasteiger partial charge in [0.15, 0.2) is 0 Å². The van der Waals surface area contributed by atoms with Crippen molar-refractivity contribution in [3.05, 3.63) is 35.4 Å². The maximum absolute atomic E-state index is 12.1. The van der Waals surface area contributed by atoms with Crippen molar-refractivity contribution >= 4 is 0 Å². The Morgan fingerprint density at radius 2 is 1.75 bits per heavy atom. The van der Waals surface area contributed by atoms with E-state index in [-0.39, 0.29) is 6.54 Å². The number of nitrogens with zero attached hydrogens (tertiary/aromatic N) is 1. The van der Waals surface area contributed by atoms with Crippen LogP contribution in [-0.2, 0) is 13.1 Å². The van der Waals surface area contributed by atoms with Crippen LogP contribution in [0.2, 0.25) is 0 Å². The number of halogens is 3. The molecule has 0 aromatic heterocycles. The lowest BCUT2D eigenvalue weighted by molar-refractivity contribution is -0.144. The molecule has 0 fully saturated rings. The van der Waals surface area contributed by atoms with Crippen LogP contribution in [0, 0.1) is 0 Å². The first-order valence-electron chi connectivity index (χ1n) is 4.94. The molecule has 0 saturated carbocycles. The quantitative estimate of drug-likeness (QED) is 0.861. The fourth-order valence-electron chi connectivity index (χ4n) is 1.56. The number of hydrogen-bond donors (Lipinski definition) is 1. The van der Waals surface area contributed by atoms with Gasteiger partial charge in [0.1, 0.15) is 0 Å². The number of hydrogen-bond acceptors (Lipinski definition) is 2. The Morgan fingerprint density at radius 3 is 2.25 bits per heavy atom. The summed E-state index contributed by atoms with van der Waals surface area (Å²) in [6.07, 6.45) is -4.16. The minimum absolute atomic E-state index is 0.257. The topological polar surface area (TPSA) is 29.3 Å². The molecule has 5 heteroatoms. The first-order chi connectivity index (χ1) is 7.42. The smallest absolute Gasteiger partial charge is 0.326 e. The van der Waals surface area contributed by atoms with Crippen molar-refractivity contribution in [3.8, 4) is 0 Å². The van der Waals surface area contributed by atoms with Gasteiger partial charge in [0, 0.05) is 13.1 Å². The highest BCUT2D eigenvalue weighted by molar-refractivity contribution is 5.26. The van der Waals surface area contributed by atoms with Gasteiger partial charge >= 0.3 is 6.18 Å². The van der Waals surface area contributed by atoms with Crippen molar-refractivity contribution < 1.29 is 13.2 Å². The van der Waals surface area contributed by atoms with E-state index in [1.54, 1.807) is 12.1 Å². The molecule has 0 aliphatic heterocycles. The van der Waals surface area contributed by atoms with Gasteiger partial charge in [-0.1, -0.05) is 24.3 Å². The monoisotopic (exact) mass is 232 g/mol. The lowest BCUT2D eigenvalue weighted by Crippen LogP contribution is -2.30. The molecule has 0 saturated heterocycles. The molecule has 2 nitrogen and oxygen atoms in total. The molecule has 1 aromatic rings. The normalized spacial score (nSPS) is 12.1. The van der Waals surface area contributed by atoms with E-state index in [1.165, 1.54) is 11.9 Å². The molecular weight excluding hydrogens is 217 g/mol. The third kappa shape index (κ3) is 4.20. The maximum atomic E-state index is 12.1. The van der Waals surface area contributed by atoms with Crippen molar-refractivity contribution in [1.29, 1.82) is 0 Å². The molecule has 16 heavy (non-hydrogen) atoms. The van der Waals surface area contributed by atoms with Crippen molar-refractivity contribution in [2.24, 2.45) is 5.73 Å². The molecule has 0 heterocycles. The molecule has 0 spiro atoms. The zero-order chi connectivity index (χ0) is 12.2. The van der Waals surface area contributed by atoms with Crippen LogP contribution in [0.1, 0.15) is 11.1 Å². The second-order valence-corrected chi connectivity index (χ2v) is 3.76. The van der Waals surface area contributed by atoms with Gasteiger partial charge in [0.2, 0.25) is 0 Å². The van der Waals surface area contributed by atoms with Crippen LogP contribution in [0.25, 0.3) is 0 Å². The summed E-state index contributed by atoms with van der Waals surface area (Å²) in [6, 6.07) is 7.26. The molecule has 0 atom stereocenters. The highest BCUT2D eigenvalue weighted by Gasteiger charge is 2.29. The Kier molecular flexibility index (Phi) is 4.32. The first-order valence-corrected chi connectivity index (χ1v) is 4.94. The van der Waals surface area contributed by atoms with E-state index in [4.69, 9.17) is 5.73 Å². The summed E-state index contributed by atoms with van der Waals surface area (Å²) in [6.45, 7) is -0.311. The minimum Gasteiger partial charge on any atom is -0.326 e. The van der Waals surface area contributed by atoms with Crippen LogP contribution >= 0.6 is 0 Å². The molecule has 0 aliphatic rings. The van der Waals surface area contributed by atoms with Gasteiger partial charge < -0.3 is 5.73 Å². The molecular formula is C11H15F3N2. The lowest BCUT2D eigenvalue weighted by Gasteiger charge is -2.19. The first kappa shape index (κ1) is 13.0. The largest absolute Gasteiger partial charge is 0.401 e. The summed E-state index contributed by atoms with van der Waals surface area (Å²) in [5, 5.41) is 0. The lowest BCUT2D eigenvalue weighted by atomic mass is 10.1. The fourth-order valence-corrected chi connectivity index (χ4v) is 1.56. The highest BCUT2D eigenvalue weighted by atomic mass is 19.4. The average molecular weight is 232 g/mol. The number of nitrogens with two attached hydrogens (primary N) is 1. The highest BCUT2D eigenvalue weighted by Crippen LogP contribution is 2.18. The third-order valence-electron chi connectivity index (χ3n) is 2.23. The van der Waals surface area contributed by atoms with E-state index in [1.807, 2.05) is 12.1 Å². The van der Waals surface area contributed by atoms with Gasteiger partial charge in [0.25, 0.3) is 0 Å². The fraction of sp³-hybridized carbons (Fsp3) is 0.455. The molecule has 0 aliphatic carbocycles. The Morgan fingerprint density at radius 1 is 1.19 bits per heavy atom. The number of benzene rings is 1. The van der Waals surface area contributed by atoms with Crippen molar-refractivity contribution in [1.82, 2.24) is 4.90 Å². The van der Waals surface area contributed by atoms with Gasteiger partial charge in [-0.25, -0.2) is 0 Å². The predicted molar refractivity (Wildman–Crippen MR) is 56.7 cm³/mol. The molecule has 90 valence electrons. The van der Waals surface area contributed by atoms with Crippen molar-refractivity contribution in [2.45, 2.75) is 19.3 Å². The molecule has 0 radical (unpaired) electrons. The van der Waals surface area contributed by atoms with Gasteiger partial charge in [-0.3, -0.25) is 4.90 Å². The van der Waals surface area contributed by atoms with E-state index in [2.05, 4.69) is 0 Å². The zero-order valence-electron chi connectivity index (χ0n) is 9.09. The molecule has 0 unspecified atom stereocenters. The van der Waals surface area contributed by atoms with Crippen LogP contribution in [0.3, 0.4) is 0 Å². The van der Waals surface area contributed by atoms with Crippen molar-refractivity contribution in [3.63, 3.8) is 0 Å². The molecule has 0 bridgehead atoms. The summed E-state index contributed by atoms with van der Waals surface area (Å²) in [5.41, 5.74) is 7.24. The Balaban J connectivity index is 2.65. The molecule has 0 amide bonds. The van der Waals surface area contributed by atoms with E-state index in [0.717, 1.165) is 11.1 Å². The molecule has 1 rings (SSSR count). The summed E-state index contributed by atoms with van der Waals surface area (Å²) in [5.74, 6) is 0. The Labute approximate surface area is 92.9 Å². The van der Waals surface area contributed by atoms with Gasteiger partial charge in [-0.15, -0.1) is 0 Å².